The summed E-state index contributed by atoms with van der Waals surface area (Å²) in [5.41, 5.74) is 2.37. The maximum absolute atomic E-state index is 12.6. The van der Waals surface area contributed by atoms with Gasteiger partial charge in [0.05, 0.1) is 11.2 Å². The lowest BCUT2D eigenvalue weighted by Gasteiger charge is -2.22. The van der Waals surface area contributed by atoms with Gasteiger partial charge in [-0.2, -0.15) is 10.1 Å². The van der Waals surface area contributed by atoms with Crippen LogP contribution in [0.1, 0.15) is 83.6 Å². The molecule has 7 nitrogen and oxygen atoms in total. The fourth-order valence-electron chi connectivity index (χ4n) is 3.11. The zero-order chi connectivity index (χ0) is 21.3. The van der Waals surface area contributed by atoms with E-state index in [1.807, 2.05) is 46.2 Å². The number of nitrogens with zero attached hydrogens (tertiary/aromatic N) is 4. The summed E-state index contributed by atoms with van der Waals surface area (Å²) in [6.07, 6.45) is 1.06. The summed E-state index contributed by atoms with van der Waals surface area (Å²) in [6.45, 7) is 19.1. The molecule has 2 aromatic rings. The van der Waals surface area contributed by atoms with Crippen molar-refractivity contribution in [2.24, 2.45) is 5.92 Å². The quantitative estimate of drug-likeness (QED) is 0.778. The normalized spacial score (nSPS) is 12.6. The average Bonchev–Trinajstić information content (AvgIpc) is 3.12. The lowest BCUT2D eigenvalue weighted by atomic mass is 9.96. The predicted molar refractivity (Wildman–Crippen MR) is 109 cm³/mol. The van der Waals surface area contributed by atoms with Crippen LogP contribution in [0, 0.1) is 19.8 Å². The Kier molecular flexibility index (Phi) is 6.36. The second-order valence-corrected chi connectivity index (χ2v) is 9.57. The van der Waals surface area contributed by atoms with E-state index in [0.29, 0.717) is 30.5 Å². The first-order valence-electron chi connectivity index (χ1n) is 10.00. The molecule has 0 bridgehead atoms. The van der Waals surface area contributed by atoms with Crippen LogP contribution in [0.5, 0.6) is 0 Å². The first kappa shape index (κ1) is 22.1. The molecule has 0 saturated carbocycles. The van der Waals surface area contributed by atoms with Crippen LogP contribution in [0.4, 0.5) is 0 Å². The Morgan fingerprint density at radius 1 is 1.18 bits per heavy atom. The Morgan fingerprint density at radius 3 is 2.36 bits per heavy atom. The lowest BCUT2D eigenvalue weighted by Crippen LogP contribution is -2.42. The number of amides is 1. The molecule has 0 saturated heterocycles. The van der Waals surface area contributed by atoms with Gasteiger partial charge < -0.3 is 9.84 Å². The van der Waals surface area contributed by atoms with E-state index in [-0.39, 0.29) is 11.3 Å². The largest absolute Gasteiger partial charge is 0.344 e. The fraction of sp³-hybridized carbons (Fsp3) is 0.714. The number of hydrogen-bond donors (Lipinski definition) is 1. The molecule has 0 aliphatic rings. The zero-order valence-electron chi connectivity index (χ0n) is 18.8. The SMILES string of the molecule is Cc1nn(CC(C)C)c(C)c1CCC(=O)NC(C)(C)c1noc(C(C)(C)C)n1. The minimum absolute atomic E-state index is 0.0393. The molecule has 0 aliphatic carbocycles. The first-order valence-corrected chi connectivity index (χ1v) is 10.00. The van der Waals surface area contributed by atoms with Crippen molar-refractivity contribution in [3.8, 4) is 0 Å². The Morgan fingerprint density at radius 2 is 1.82 bits per heavy atom. The molecular weight excluding hydrogens is 354 g/mol. The van der Waals surface area contributed by atoms with E-state index in [0.717, 1.165) is 23.5 Å². The molecule has 156 valence electrons. The molecule has 2 aromatic heterocycles. The molecule has 28 heavy (non-hydrogen) atoms. The molecule has 2 heterocycles. The summed E-state index contributed by atoms with van der Waals surface area (Å²) in [5, 5.41) is 11.7. The van der Waals surface area contributed by atoms with Gasteiger partial charge in [0.25, 0.3) is 0 Å². The van der Waals surface area contributed by atoms with Gasteiger partial charge in [0.1, 0.15) is 0 Å². The number of carbonyl (C=O) groups excluding carboxylic acids is 1. The highest BCUT2D eigenvalue weighted by Crippen LogP contribution is 2.24. The monoisotopic (exact) mass is 389 g/mol. The van der Waals surface area contributed by atoms with E-state index in [1.165, 1.54) is 0 Å². The molecule has 7 heteroatoms. The number of aryl methyl sites for hydroxylation is 1. The lowest BCUT2D eigenvalue weighted by molar-refractivity contribution is -0.122. The fourth-order valence-corrected chi connectivity index (χ4v) is 3.11. The number of hydrogen-bond acceptors (Lipinski definition) is 5. The highest BCUT2D eigenvalue weighted by atomic mass is 16.5. The number of aromatic nitrogens is 4. The van der Waals surface area contributed by atoms with Crippen molar-refractivity contribution < 1.29 is 9.32 Å². The Hall–Kier alpha value is -2.18. The van der Waals surface area contributed by atoms with E-state index in [9.17, 15) is 4.79 Å². The van der Waals surface area contributed by atoms with Crippen LogP contribution in [-0.2, 0) is 28.7 Å². The van der Waals surface area contributed by atoms with Gasteiger partial charge >= 0.3 is 0 Å². The van der Waals surface area contributed by atoms with Crippen molar-refractivity contribution >= 4 is 5.91 Å². The van der Waals surface area contributed by atoms with Crippen LogP contribution in [-0.4, -0.2) is 25.8 Å². The highest BCUT2D eigenvalue weighted by Gasteiger charge is 2.31. The molecule has 0 unspecified atom stereocenters. The van der Waals surface area contributed by atoms with Crippen molar-refractivity contribution in [1.29, 1.82) is 0 Å². The topological polar surface area (TPSA) is 85.8 Å². The maximum atomic E-state index is 12.6. The van der Waals surface area contributed by atoms with Crippen molar-refractivity contribution in [3.63, 3.8) is 0 Å². The molecule has 0 aliphatic heterocycles. The Balaban J connectivity index is 2.02. The molecule has 0 aromatic carbocycles. The van der Waals surface area contributed by atoms with Gasteiger partial charge in [-0.15, -0.1) is 0 Å². The molecule has 0 atom stereocenters. The summed E-state index contributed by atoms with van der Waals surface area (Å²) in [6, 6.07) is 0. The smallest absolute Gasteiger partial charge is 0.232 e. The molecular formula is C21H35N5O2. The molecule has 0 spiro atoms. The molecule has 1 amide bonds. The molecule has 1 N–H and O–H groups in total. The zero-order valence-corrected chi connectivity index (χ0v) is 18.8. The van der Waals surface area contributed by atoms with Gasteiger partial charge in [-0.25, -0.2) is 0 Å². The maximum Gasteiger partial charge on any atom is 0.232 e. The molecule has 0 radical (unpaired) electrons. The third-order valence-corrected chi connectivity index (χ3v) is 4.75. The minimum atomic E-state index is -0.698. The van der Waals surface area contributed by atoms with Crippen LogP contribution in [0.25, 0.3) is 0 Å². The van der Waals surface area contributed by atoms with Crippen LogP contribution in [0.3, 0.4) is 0 Å². The molecule has 2 rings (SSSR count). The second kappa shape index (κ2) is 8.05. The number of nitrogens with one attached hydrogen (secondary N) is 1. The first-order chi connectivity index (χ1) is 12.8. The van der Waals surface area contributed by atoms with E-state index < -0.39 is 5.54 Å². The van der Waals surface area contributed by atoms with E-state index >= 15 is 0 Å². The highest BCUT2D eigenvalue weighted by molar-refractivity contribution is 5.77. The van der Waals surface area contributed by atoms with Gasteiger partial charge in [-0.1, -0.05) is 39.8 Å². The van der Waals surface area contributed by atoms with Crippen molar-refractivity contribution in [1.82, 2.24) is 25.2 Å². The average molecular weight is 390 g/mol. The number of rotatable bonds is 7. The van der Waals surface area contributed by atoms with E-state index in [1.54, 1.807) is 0 Å². The summed E-state index contributed by atoms with van der Waals surface area (Å²) in [4.78, 5) is 17.1. The van der Waals surface area contributed by atoms with Crippen LogP contribution in [0.2, 0.25) is 0 Å². The standard InChI is InChI=1S/C21H35N5O2/c1-13(2)12-26-15(4)16(14(3)24-26)10-11-17(27)23-21(8,9)18-22-19(28-25-18)20(5,6)7/h13H,10-12H2,1-9H3,(H,23,27). The number of carbonyl (C=O) groups is 1. The molecule has 0 fully saturated rings. The summed E-state index contributed by atoms with van der Waals surface area (Å²) < 4.78 is 7.41. The van der Waals surface area contributed by atoms with Crippen LogP contribution >= 0.6 is 0 Å². The summed E-state index contributed by atoms with van der Waals surface area (Å²) >= 11 is 0. The third kappa shape index (κ3) is 5.20. The predicted octanol–water partition coefficient (Wildman–Crippen LogP) is 3.82. The Bertz CT molecular complexity index is 824. The van der Waals surface area contributed by atoms with Gasteiger partial charge in [-0.3, -0.25) is 9.48 Å². The summed E-state index contributed by atoms with van der Waals surface area (Å²) in [7, 11) is 0. The van der Waals surface area contributed by atoms with Gasteiger partial charge in [0, 0.05) is 24.1 Å². The minimum Gasteiger partial charge on any atom is -0.344 e. The van der Waals surface area contributed by atoms with E-state index in [2.05, 4.69) is 41.3 Å². The third-order valence-electron chi connectivity index (χ3n) is 4.75. The van der Waals surface area contributed by atoms with Crippen molar-refractivity contribution in [2.75, 3.05) is 0 Å². The summed E-state index contributed by atoms with van der Waals surface area (Å²) in [5.74, 6) is 1.54. The van der Waals surface area contributed by atoms with E-state index in [4.69, 9.17) is 4.52 Å². The van der Waals surface area contributed by atoms with Gasteiger partial charge in [0.15, 0.2) is 5.82 Å². The van der Waals surface area contributed by atoms with Gasteiger partial charge in [-0.05, 0) is 45.6 Å². The van der Waals surface area contributed by atoms with Crippen LogP contribution in [0.15, 0.2) is 4.52 Å². The Labute approximate surface area is 168 Å². The van der Waals surface area contributed by atoms with Crippen LogP contribution < -0.4 is 5.32 Å². The van der Waals surface area contributed by atoms with Gasteiger partial charge in [0.2, 0.25) is 11.8 Å². The van der Waals surface area contributed by atoms with Crippen molar-refractivity contribution in [2.45, 2.75) is 92.7 Å². The second-order valence-electron chi connectivity index (χ2n) is 9.57. The van der Waals surface area contributed by atoms with Crippen molar-refractivity contribution in [3.05, 3.63) is 28.7 Å².